The van der Waals surface area contributed by atoms with E-state index in [4.69, 9.17) is 0 Å². The third-order valence-electron chi connectivity index (χ3n) is 3.74. The predicted molar refractivity (Wildman–Crippen MR) is 59.2 cm³/mol. The average Bonchev–Trinajstić information content (AvgIpc) is 2.21. The molecule has 0 amide bonds. The fourth-order valence-electron chi connectivity index (χ4n) is 2.41. The van der Waals surface area contributed by atoms with Crippen LogP contribution in [0.25, 0.3) is 0 Å². The lowest BCUT2D eigenvalue weighted by Crippen LogP contribution is -2.73. The zero-order chi connectivity index (χ0) is 20.9. The van der Waals surface area contributed by atoms with Crippen LogP contribution in [0.1, 0.15) is 26.7 Å². The molecule has 0 bridgehead atoms. The Morgan fingerprint density at radius 1 is 0.520 bits per heavy atom. The minimum atomic E-state index is -8.02. The number of hydrogen-bond acceptors (Lipinski definition) is 2. The van der Waals surface area contributed by atoms with Crippen molar-refractivity contribution in [1.29, 1.82) is 0 Å². The zero-order valence-corrected chi connectivity index (χ0v) is 13.0. The summed E-state index contributed by atoms with van der Waals surface area (Å²) in [6, 6.07) is 0. The lowest BCUT2D eigenvalue weighted by molar-refractivity contribution is -0.282. The summed E-state index contributed by atoms with van der Waals surface area (Å²) in [5, 5.41) is 0. The second-order valence-electron chi connectivity index (χ2n) is 4.86. The smallest absolute Gasteiger partial charge is 0.226 e. The van der Waals surface area contributed by atoms with Gasteiger partial charge in [-0.05, 0) is 12.8 Å². The summed E-state index contributed by atoms with van der Waals surface area (Å²) in [7, 11) is -8.02. The first-order chi connectivity index (χ1) is 10.6. The minimum absolute atomic E-state index is 0.119. The molecule has 0 unspecified atom stereocenters. The van der Waals surface area contributed by atoms with Crippen LogP contribution in [-0.2, 0) is 9.84 Å². The van der Waals surface area contributed by atoms with Crippen LogP contribution in [0.15, 0.2) is 0 Å². The van der Waals surface area contributed by atoms with Gasteiger partial charge in [-0.3, -0.25) is 0 Å². The molecule has 0 saturated heterocycles. The summed E-state index contributed by atoms with van der Waals surface area (Å²) >= 11 is 0. The Balaban J connectivity index is 7.49. The van der Waals surface area contributed by atoms with Crippen molar-refractivity contribution in [2.45, 2.75) is 60.9 Å². The SMILES string of the molecule is CCC(C(F)(F)F)(C(F)(F)F)S(=O)(=O)C(CC)(C(F)(F)F)C(F)(F)F. The van der Waals surface area contributed by atoms with Crippen LogP contribution in [0.2, 0.25) is 0 Å². The molecule has 0 aromatic heterocycles. The second-order valence-corrected chi connectivity index (χ2v) is 7.26. The maximum Gasteiger partial charge on any atom is 0.417 e. The van der Waals surface area contributed by atoms with Crippen LogP contribution in [0.3, 0.4) is 0 Å². The van der Waals surface area contributed by atoms with Gasteiger partial charge >= 0.3 is 24.7 Å². The predicted octanol–water partition coefficient (Wildman–Crippen LogP) is 4.95. The van der Waals surface area contributed by atoms with Crippen molar-refractivity contribution in [2.24, 2.45) is 0 Å². The van der Waals surface area contributed by atoms with E-state index in [9.17, 15) is 61.1 Å². The first-order valence-corrected chi connectivity index (χ1v) is 7.61. The molecular formula is C10H10F12O2S. The topological polar surface area (TPSA) is 34.1 Å². The van der Waals surface area contributed by atoms with Crippen LogP contribution in [0.5, 0.6) is 0 Å². The van der Waals surface area contributed by atoms with E-state index in [2.05, 4.69) is 0 Å². The fourth-order valence-corrected chi connectivity index (χ4v) is 4.98. The molecule has 0 atom stereocenters. The van der Waals surface area contributed by atoms with Gasteiger partial charge in [0.2, 0.25) is 0 Å². The average molecular weight is 422 g/mol. The fraction of sp³-hybridized carbons (Fsp3) is 1.00. The van der Waals surface area contributed by atoms with Gasteiger partial charge < -0.3 is 0 Å². The number of hydrogen-bond donors (Lipinski definition) is 0. The van der Waals surface area contributed by atoms with Gasteiger partial charge in [0.25, 0.3) is 9.49 Å². The Labute approximate surface area is 133 Å². The maximum absolute atomic E-state index is 13.0. The van der Waals surface area contributed by atoms with E-state index in [1.54, 1.807) is 0 Å². The van der Waals surface area contributed by atoms with Crippen molar-refractivity contribution < 1.29 is 61.1 Å². The summed E-state index contributed by atoms with van der Waals surface area (Å²) in [5.41, 5.74) is 0. The standard InChI is InChI=1S/C10H10F12O2S/c1-3-5(7(11,12)13,8(14,15)16)25(23,24)6(4-2,9(17,18)19)10(20,21)22/h3-4H2,1-2H3. The first-order valence-electron chi connectivity index (χ1n) is 6.13. The van der Waals surface area contributed by atoms with Gasteiger partial charge in [-0.1, -0.05) is 13.8 Å². The van der Waals surface area contributed by atoms with Crippen LogP contribution < -0.4 is 0 Å². The Bertz CT molecular complexity index is 503. The summed E-state index contributed by atoms with van der Waals surface area (Å²) in [4.78, 5) is 0. The molecule has 0 aliphatic rings. The lowest BCUT2D eigenvalue weighted by Gasteiger charge is -2.44. The second kappa shape index (κ2) is 6.08. The number of sulfone groups is 1. The molecule has 152 valence electrons. The Kier molecular flexibility index (Phi) is 5.86. The van der Waals surface area contributed by atoms with E-state index in [1.165, 1.54) is 0 Å². The third kappa shape index (κ3) is 2.95. The molecule has 0 saturated carbocycles. The summed E-state index contributed by atoms with van der Waals surface area (Å²) in [6.07, 6.45) is -33.2. The minimum Gasteiger partial charge on any atom is -0.226 e. The van der Waals surface area contributed by atoms with Gasteiger partial charge in [-0.15, -0.1) is 0 Å². The highest BCUT2D eigenvalue weighted by Crippen LogP contribution is 2.61. The van der Waals surface area contributed by atoms with Crippen LogP contribution in [0, 0.1) is 0 Å². The van der Waals surface area contributed by atoms with Gasteiger partial charge in [0, 0.05) is 0 Å². The van der Waals surface area contributed by atoms with Crippen molar-refractivity contribution in [1.82, 2.24) is 0 Å². The Hall–Kier alpha value is -0.890. The van der Waals surface area contributed by atoms with E-state index in [-0.39, 0.29) is 13.8 Å². The first kappa shape index (κ1) is 24.1. The molecule has 0 fully saturated rings. The van der Waals surface area contributed by atoms with Gasteiger partial charge in [0.05, 0.1) is 0 Å². The van der Waals surface area contributed by atoms with Gasteiger partial charge in [-0.25, -0.2) is 8.42 Å². The van der Waals surface area contributed by atoms with Crippen LogP contribution >= 0.6 is 0 Å². The third-order valence-corrected chi connectivity index (χ3v) is 7.08. The van der Waals surface area contributed by atoms with Gasteiger partial charge in [0.15, 0.2) is 9.84 Å². The van der Waals surface area contributed by atoms with E-state index >= 15 is 0 Å². The summed E-state index contributed by atoms with van der Waals surface area (Å²) < 4.78 is 167. The highest BCUT2D eigenvalue weighted by molar-refractivity contribution is 7.94. The highest BCUT2D eigenvalue weighted by atomic mass is 32.2. The highest BCUT2D eigenvalue weighted by Gasteiger charge is 2.88. The molecule has 0 aromatic rings. The Morgan fingerprint density at radius 2 is 0.680 bits per heavy atom. The van der Waals surface area contributed by atoms with Crippen molar-refractivity contribution in [3.63, 3.8) is 0 Å². The Morgan fingerprint density at radius 3 is 0.760 bits per heavy atom. The van der Waals surface area contributed by atoms with Crippen molar-refractivity contribution in [3.8, 4) is 0 Å². The largest absolute Gasteiger partial charge is 0.417 e. The molecule has 0 aliphatic heterocycles. The van der Waals surface area contributed by atoms with Crippen molar-refractivity contribution in [2.75, 3.05) is 0 Å². The van der Waals surface area contributed by atoms with E-state index < -0.39 is 56.9 Å². The number of halogens is 12. The molecule has 0 spiro atoms. The molecular weight excluding hydrogens is 412 g/mol. The molecule has 15 heteroatoms. The molecule has 0 aliphatic carbocycles. The van der Waals surface area contributed by atoms with Crippen molar-refractivity contribution in [3.05, 3.63) is 0 Å². The monoisotopic (exact) mass is 422 g/mol. The van der Waals surface area contributed by atoms with E-state index in [0.717, 1.165) is 0 Å². The normalized spacial score (nSPS) is 16.2. The van der Waals surface area contributed by atoms with Crippen LogP contribution in [0.4, 0.5) is 52.7 Å². The number of alkyl halides is 12. The van der Waals surface area contributed by atoms with Gasteiger partial charge in [0.1, 0.15) is 0 Å². The summed E-state index contributed by atoms with van der Waals surface area (Å²) in [6.45, 7) is -0.239. The summed E-state index contributed by atoms with van der Waals surface area (Å²) in [5.74, 6) is 0. The molecule has 25 heavy (non-hydrogen) atoms. The molecule has 0 N–H and O–H groups in total. The zero-order valence-electron chi connectivity index (χ0n) is 12.2. The van der Waals surface area contributed by atoms with Crippen LogP contribution in [-0.4, -0.2) is 42.6 Å². The maximum atomic E-state index is 13.0. The lowest BCUT2D eigenvalue weighted by atomic mass is 10.0. The molecule has 0 radical (unpaired) electrons. The number of rotatable bonds is 4. The van der Waals surface area contributed by atoms with E-state index in [1.807, 2.05) is 0 Å². The molecule has 0 aromatic carbocycles. The van der Waals surface area contributed by atoms with Gasteiger partial charge in [-0.2, -0.15) is 52.7 Å². The quantitative estimate of drug-likeness (QED) is 0.601. The van der Waals surface area contributed by atoms with E-state index in [0.29, 0.717) is 0 Å². The van der Waals surface area contributed by atoms with Crippen molar-refractivity contribution >= 4 is 9.84 Å². The molecule has 2 nitrogen and oxygen atoms in total. The molecule has 0 rings (SSSR count). The molecule has 0 heterocycles.